The number of aromatic amines is 1. The molecule has 3 heterocycles. The maximum Gasteiger partial charge on any atom is 0.261 e. The molecule has 4 aromatic rings. The van der Waals surface area contributed by atoms with Crippen molar-refractivity contribution < 1.29 is 4.79 Å². The highest BCUT2D eigenvalue weighted by Crippen LogP contribution is 2.32. The predicted molar refractivity (Wildman–Crippen MR) is 102 cm³/mol. The number of nitrogen functional groups attached to an aromatic ring is 1. The van der Waals surface area contributed by atoms with E-state index < -0.39 is 0 Å². The number of fused-ring (bicyclic) bond motifs is 1. The van der Waals surface area contributed by atoms with Gasteiger partial charge < -0.3 is 16.0 Å². The lowest BCUT2D eigenvalue weighted by Crippen LogP contribution is -2.24. The number of carbonyl (C=O) groups is 1. The average Bonchev–Trinajstić information content (AvgIpc) is 3.31. The van der Waals surface area contributed by atoms with Crippen LogP contribution in [-0.2, 0) is 6.42 Å². The van der Waals surface area contributed by atoms with E-state index in [0.29, 0.717) is 22.7 Å². The first-order chi connectivity index (χ1) is 12.7. The van der Waals surface area contributed by atoms with Gasteiger partial charge in [-0.3, -0.25) is 4.79 Å². The summed E-state index contributed by atoms with van der Waals surface area (Å²) in [5.41, 5.74) is 8.51. The fraction of sp³-hybridized carbons (Fsp3) is 0.111. The largest absolute Gasteiger partial charge is 0.368 e. The molecule has 0 unspecified atom stereocenters. The van der Waals surface area contributed by atoms with Crippen LogP contribution in [0.15, 0.2) is 48.9 Å². The second kappa shape index (κ2) is 6.93. The number of imidazole rings is 1. The number of aromatic nitrogens is 4. The van der Waals surface area contributed by atoms with Crippen LogP contribution in [0.4, 0.5) is 5.95 Å². The standard InChI is InChI=1S/C18H16N6OS/c19-18-23-15(11-4-2-1-3-5-11)13-8-14(26-17(13)24-18)16(25)21-7-6-12-9-20-10-22-12/h1-5,8-10H,6-7H2,(H,20,22)(H,21,25)(H2,19,23,24). The van der Waals surface area contributed by atoms with Crippen molar-refractivity contribution >= 4 is 33.4 Å². The van der Waals surface area contributed by atoms with E-state index in [1.54, 1.807) is 12.5 Å². The molecule has 0 fully saturated rings. The molecule has 0 bridgehead atoms. The highest BCUT2D eigenvalue weighted by Gasteiger charge is 2.16. The minimum Gasteiger partial charge on any atom is -0.368 e. The summed E-state index contributed by atoms with van der Waals surface area (Å²) < 4.78 is 0. The third kappa shape index (κ3) is 3.27. The van der Waals surface area contributed by atoms with Crippen LogP contribution in [0.2, 0.25) is 0 Å². The Balaban J connectivity index is 1.60. The maximum atomic E-state index is 12.5. The number of nitrogens with zero attached hydrogens (tertiary/aromatic N) is 3. The first-order valence-electron chi connectivity index (χ1n) is 8.08. The van der Waals surface area contributed by atoms with E-state index in [-0.39, 0.29) is 11.9 Å². The van der Waals surface area contributed by atoms with Crippen LogP contribution in [0, 0.1) is 0 Å². The molecule has 0 aliphatic carbocycles. The molecule has 1 aromatic carbocycles. The Labute approximate surface area is 153 Å². The highest BCUT2D eigenvalue weighted by atomic mass is 32.1. The van der Waals surface area contributed by atoms with Gasteiger partial charge in [-0.1, -0.05) is 30.3 Å². The molecule has 8 heteroatoms. The molecule has 4 N–H and O–H groups in total. The highest BCUT2D eigenvalue weighted by molar-refractivity contribution is 7.20. The monoisotopic (exact) mass is 364 g/mol. The predicted octanol–water partition coefficient (Wildman–Crippen LogP) is 2.64. The van der Waals surface area contributed by atoms with E-state index >= 15 is 0 Å². The van der Waals surface area contributed by atoms with Crippen molar-refractivity contribution in [3.05, 3.63) is 59.5 Å². The van der Waals surface area contributed by atoms with Crippen molar-refractivity contribution in [2.24, 2.45) is 0 Å². The molecule has 4 rings (SSSR count). The minimum atomic E-state index is -0.134. The molecule has 1 amide bonds. The van der Waals surface area contributed by atoms with E-state index in [0.717, 1.165) is 22.3 Å². The van der Waals surface area contributed by atoms with Gasteiger partial charge in [0.15, 0.2) is 0 Å². The number of benzene rings is 1. The minimum absolute atomic E-state index is 0.134. The van der Waals surface area contributed by atoms with Crippen LogP contribution in [0.5, 0.6) is 0 Å². The van der Waals surface area contributed by atoms with Crippen LogP contribution >= 0.6 is 11.3 Å². The molecule has 0 aliphatic heterocycles. The third-order valence-electron chi connectivity index (χ3n) is 3.92. The van der Waals surface area contributed by atoms with Crippen LogP contribution in [0.3, 0.4) is 0 Å². The molecule has 0 saturated heterocycles. The summed E-state index contributed by atoms with van der Waals surface area (Å²) in [6.45, 7) is 0.522. The first kappa shape index (κ1) is 16.2. The molecule has 0 spiro atoms. The lowest BCUT2D eigenvalue weighted by molar-refractivity contribution is 0.0958. The smallest absolute Gasteiger partial charge is 0.261 e. The number of nitrogens with one attached hydrogen (secondary N) is 2. The van der Waals surface area contributed by atoms with Crippen molar-refractivity contribution in [1.82, 2.24) is 25.3 Å². The first-order valence-corrected chi connectivity index (χ1v) is 8.90. The van der Waals surface area contributed by atoms with Gasteiger partial charge in [-0.05, 0) is 6.07 Å². The second-order valence-electron chi connectivity index (χ2n) is 5.71. The molecular weight excluding hydrogens is 348 g/mol. The van der Waals surface area contributed by atoms with E-state index in [4.69, 9.17) is 5.73 Å². The Kier molecular flexibility index (Phi) is 4.32. The van der Waals surface area contributed by atoms with E-state index in [1.165, 1.54) is 11.3 Å². The normalized spacial score (nSPS) is 10.9. The molecule has 26 heavy (non-hydrogen) atoms. The molecule has 0 atom stereocenters. The topological polar surface area (TPSA) is 110 Å². The van der Waals surface area contributed by atoms with E-state index in [9.17, 15) is 4.79 Å². The lowest BCUT2D eigenvalue weighted by atomic mass is 10.1. The summed E-state index contributed by atoms with van der Waals surface area (Å²) in [5, 5.41) is 3.74. The van der Waals surface area contributed by atoms with Gasteiger partial charge in [-0.25, -0.2) is 15.0 Å². The summed E-state index contributed by atoms with van der Waals surface area (Å²) in [4.78, 5) is 29.4. The summed E-state index contributed by atoms with van der Waals surface area (Å²) in [5.74, 6) is 0.0644. The van der Waals surface area contributed by atoms with Crippen LogP contribution in [0.1, 0.15) is 15.4 Å². The van der Waals surface area contributed by atoms with Crippen LogP contribution < -0.4 is 11.1 Å². The Morgan fingerprint density at radius 1 is 1.23 bits per heavy atom. The molecule has 0 saturated carbocycles. The molecule has 0 aliphatic rings. The van der Waals surface area contributed by atoms with Gasteiger partial charge >= 0.3 is 0 Å². The molecular formula is C18H16N6OS. The number of nitrogens with two attached hydrogens (primary N) is 1. The number of carbonyl (C=O) groups excluding carboxylic acids is 1. The second-order valence-corrected chi connectivity index (χ2v) is 6.74. The van der Waals surface area contributed by atoms with Crippen molar-refractivity contribution in [3.63, 3.8) is 0 Å². The van der Waals surface area contributed by atoms with Gasteiger partial charge in [-0.2, -0.15) is 0 Å². The lowest BCUT2D eigenvalue weighted by Gasteiger charge is -2.03. The fourth-order valence-corrected chi connectivity index (χ4v) is 3.64. The van der Waals surface area contributed by atoms with Crippen LogP contribution in [-0.4, -0.2) is 32.4 Å². The van der Waals surface area contributed by atoms with Gasteiger partial charge in [-0.15, -0.1) is 11.3 Å². The number of anilines is 1. The summed E-state index contributed by atoms with van der Waals surface area (Å²) >= 11 is 1.31. The maximum absolute atomic E-state index is 12.5. The number of amides is 1. The van der Waals surface area contributed by atoms with E-state index in [1.807, 2.05) is 36.4 Å². The fourth-order valence-electron chi connectivity index (χ4n) is 2.69. The van der Waals surface area contributed by atoms with Crippen molar-refractivity contribution in [1.29, 1.82) is 0 Å². The van der Waals surface area contributed by atoms with Gasteiger partial charge in [0.1, 0.15) is 4.83 Å². The zero-order valence-electron chi connectivity index (χ0n) is 13.8. The Bertz CT molecular complexity index is 1040. The van der Waals surface area contributed by atoms with Crippen molar-refractivity contribution in [3.8, 4) is 11.3 Å². The van der Waals surface area contributed by atoms with Gasteiger partial charge in [0.2, 0.25) is 5.95 Å². The zero-order valence-corrected chi connectivity index (χ0v) is 14.6. The third-order valence-corrected chi connectivity index (χ3v) is 4.94. The molecule has 3 aromatic heterocycles. The van der Waals surface area contributed by atoms with Gasteiger partial charge in [0.25, 0.3) is 5.91 Å². The number of hydrogen-bond donors (Lipinski definition) is 3. The Morgan fingerprint density at radius 3 is 2.85 bits per heavy atom. The summed E-state index contributed by atoms with van der Waals surface area (Å²) in [6.07, 6.45) is 4.06. The summed E-state index contributed by atoms with van der Waals surface area (Å²) in [6, 6.07) is 11.6. The van der Waals surface area contributed by atoms with Gasteiger partial charge in [0.05, 0.1) is 16.9 Å². The molecule has 7 nitrogen and oxygen atoms in total. The summed E-state index contributed by atoms with van der Waals surface area (Å²) in [7, 11) is 0. The van der Waals surface area contributed by atoms with Gasteiger partial charge in [0, 0.05) is 35.8 Å². The molecule has 0 radical (unpaired) electrons. The number of H-pyrrole nitrogens is 1. The van der Waals surface area contributed by atoms with Crippen molar-refractivity contribution in [2.45, 2.75) is 6.42 Å². The van der Waals surface area contributed by atoms with E-state index in [2.05, 4.69) is 25.3 Å². The number of thiophene rings is 1. The Hall–Kier alpha value is -3.26. The van der Waals surface area contributed by atoms with Crippen LogP contribution in [0.25, 0.3) is 21.5 Å². The quantitative estimate of drug-likeness (QED) is 0.504. The molecule has 130 valence electrons. The number of rotatable bonds is 5. The zero-order chi connectivity index (χ0) is 17.9. The Morgan fingerprint density at radius 2 is 2.08 bits per heavy atom. The average molecular weight is 364 g/mol. The SMILES string of the molecule is Nc1nc(-c2ccccc2)c2cc(C(=O)NCCc3cnc[nH]3)sc2n1. The number of hydrogen-bond acceptors (Lipinski definition) is 6. The van der Waals surface area contributed by atoms with Crippen molar-refractivity contribution in [2.75, 3.05) is 12.3 Å².